The molecule has 1 heterocycles. The molecule has 0 saturated carbocycles. The number of carbonyl (C=O) groups is 1. The predicted molar refractivity (Wildman–Crippen MR) is 77.7 cm³/mol. The monoisotopic (exact) mass is 354 g/mol. The van der Waals surface area contributed by atoms with E-state index >= 15 is 0 Å². The number of halogens is 1. The Bertz CT molecular complexity index is 617. The first-order valence-electron chi connectivity index (χ1n) is 5.28. The fraction of sp³-hybridized carbons (Fsp3) is 0.0769. The van der Waals surface area contributed by atoms with E-state index in [1.807, 2.05) is 31.3 Å². The van der Waals surface area contributed by atoms with Crippen molar-refractivity contribution in [1.29, 1.82) is 0 Å². The lowest BCUT2D eigenvalue weighted by Crippen LogP contribution is -1.97. The minimum Gasteiger partial charge on any atom is -0.478 e. The number of carboxylic acid groups (broad SMARTS) is 1. The maximum atomic E-state index is 10.5. The number of aromatic nitrogens is 2. The number of benzene rings is 1. The lowest BCUT2D eigenvalue weighted by Gasteiger charge is -2.06. The van der Waals surface area contributed by atoms with Crippen molar-refractivity contribution in [2.75, 3.05) is 0 Å². The average Bonchev–Trinajstić information content (AvgIpc) is 2.74. The molecule has 5 heteroatoms. The molecule has 0 bridgehead atoms. The van der Waals surface area contributed by atoms with Gasteiger partial charge in [-0.2, -0.15) is 5.10 Å². The molecule has 0 unspecified atom stereocenters. The van der Waals surface area contributed by atoms with Gasteiger partial charge in [-0.05, 0) is 52.8 Å². The van der Waals surface area contributed by atoms with E-state index < -0.39 is 5.97 Å². The molecule has 0 radical (unpaired) electrons. The summed E-state index contributed by atoms with van der Waals surface area (Å²) in [7, 11) is 0. The fourth-order valence-corrected chi connectivity index (χ4v) is 1.97. The second kappa shape index (κ2) is 5.34. The normalized spacial score (nSPS) is 11.0. The summed E-state index contributed by atoms with van der Waals surface area (Å²) in [6.07, 6.45) is 6.40. The lowest BCUT2D eigenvalue weighted by molar-refractivity contribution is -0.131. The van der Waals surface area contributed by atoms with Crippen LogP contribution >= 0.6 is 22.6 Å². The van der Waals surface area contributed by atoms with Gasteiger partial charge in [-0.15, -0.1) is 0 Å². The van der Waals surface area contributed by atoms with Crippen molar-refractivity contribution in [3.8, 4) is 5.69 Å². The van der Waals surface area contributed by atoms with Crippen molar-refractivity contribution in [1.82, 2.24) is 9.78 Å². The average molecular weight is 354 g/mol. The van der Waals surface area contributed by atoms with Gasteiger partial charge in [0.1, 0.15) is 0 Å². The van der Waals surface area contributed by atoms with Crippen molar-refractivity contribution < 1.29 is 9.90 Å². The van der Waals surface area contributed by atoms with Crippen LogP contribution in [0.5, 0.6) is 0 Å². The van der Waals surface area contributed by atoms with Gasteiger partial charge in [-0.3, -0.25) is 0 Å². The van der Waals surface area contributed by atoms with Crippen molar-refractivity contribution in [2.24, 2.45) is 0 Å². The Morgan fingerprint density at radius 1 is 1.50 bits per heavy atom. The molecule has 0 atom stereocenters. The number of aliphatic carboxylic acids is 1. The molecule has 0 fully saturated rings. The molecule has 1 aromatic heterocycles. The molecule has 0 aliphatic rings. The van der Waals surface area contributed by atoms with Gasteiger partial charge in [-0.25, -0.2) is 9.48 Å². The Hall–Kier alpha value is -1.63. The van der Waals surface area contributed by atoms with Crippen molar-refractivity contribution in [3.05, 3.63) is 51.4 Å². The van der Waals surface area contributed by atoms with Crippen molar-refractivity contribution in [3.63, 3.8) is 0 Å². The summed E-state index contributed by atoms with van der Waals surface area (Å²) in [5.41, 5.74) is 2.87. The highest BCUT2D eigenvalue weighted by molar-refractivity contribution is 14.1. The first-order chi connectivity index (χ1) is 8.56. The van der Waals surface area contributed by atoms with Crippen LogP contribution in [0.3, 0.4) is 0 Å². The summed E-state index contributed by atoms with van der Waals surface area (Å²) >= 11 is 2.20. The first kappa shape index (κ1) is 12.8. The summed E-state index contributed by atoms with van der Waals surface area (Å²) in [4.78, 5) is 10.5. The van der Waals surface area contributed by atoms with Crippen molar-refractivity contribution in [2.45, 2.75) is 6.92 Å². The fourth-order valence-electron chi connectivity index (χ4n) is 1.58. The molecular formula is C13H11IN2O2. The quantitative estimate of drug-likeness (QED) is 0.681. The third-order valence-corrected chi connectivity index (χ3v) is 3.01. The third kappa shape index (κ3) is 2.98. The molecule has 0 aliphatic carbocycles. The summed E-state index contributed by atoms with van der Waals surface area (Å²) in [5, 5.41) is 12.9. The zero-order valence-corrected chi connectivity index (χ0v) is 11.8. The van der Waals surface area contributed by atoms with Gasteiger partial charge in [-0.1, -0.05) is 12.1 Å². The molecule has 0 amide bonds. The van der Waals surface area contributed by atoms with Gasteiger partial charge in [0.05, 0.1) is 15.5 Å². The summed E-state index contributed by atoms with van der Waals surface area (Å²) in [6, 6.07) is 5.75. The smallest absolute Gasteiger partial charge is 0.328 e. The van der Waals surface area contributed by atoms with Crippen LogP contribution in [0.4, 0.5) is 0 Å². The third-order valence-electron chi connectivity index (χ3n) is 2.45. The second-order valence-electron chi connectivity index (χ2n) is 3.82. The minimum absolute atomic E-state index is 0.837. The molecule has 0 aliphatic heterocycles. The summed E-state index contributed by atoms with van der Waals surface area (Å²) in [5.74, 6) is -0.953. The summed E-state index contributed by atoms with van der Waals surface area (Å²) < 4.78 is 2.84. The molecule has 1 aromatic carbocycles. The molecule has 1 N–H and O–H groups in total. The second-order valence-corrected chi connectivity index (χ2v) is 5.07. The lowest BCUT2D eigenvalue weighted by atomic mass is 10.1. The van der Waals surface area contributed by atoms with Crippen LogP contribution in [0.25, 0.3) is 11.8 Å². The molecule has 92 valence electrons. The zero-order valence-electron chi connectivity index (χ0n) is 9.67. The Balaban J connectivity index is 2.41. The van der Waals surface area contributed by atoms with E-state index in [1.54, 1.807) is 17.0 Å². The Kier molecular flexibility index (Phi) is 3.81. The molecule has 0 saturated heterocycles. The van der Waals surface area contributed by atoms with Gasteiger partial charge in [0.2, 0.25) is 0 Å². The number of hydrogen-bond acceptors (Lipinski definition) is 2. The molecule has 0 spiro atoms. The van der Waals surface area contributed by atoms with Crippen LogP contribution in [0.2, 0.25) is 0 Å². The SMILES string of the molecule is Cc1ccc(/C=C/C(=O)O)cc1-n1cc(I)cn1. The van der Waals surface area contributed by atoms with Crippen LogP contribution < -0.4 is 0 Å². The highest BCUT2D eigenvalue weighted by Gasteiger charge is 2.03. The van der Waals surface area contributed by atoms with E-state index in [0.717, 1.165) is 26.5 Å². The number of nitrogens with zero attached hydrogens (tertiary/aromatic N) is 2. The van der Waals surface area contributed by atoms with Crippen LogP contribution in [0, 0.1) is 10.5 Å². The van der Waals surface area contributed by atoms with E-state index in [1.165, 1.54) is 0 Å². The van der Waals surface area contributed by atoms with E-state index in [4.69, 9.17) is 5.11 Å². The molecule has 4 nitrogen and oxygen atoms in total. The number of hydrogen-bond donors (Lipinski definition) is 1. The molecule has 2 rings (SSSR count). The number of carboxylic acids is 1. The first-order valence-corrected chi connectivity index (χ1v) is 6.36. The maximum Gasteiger partial charge on any atom is 0.328 e. The topological polar surface area (TPSA) is 55.1 Å². The Morgan fingerprint density at radius 3 is 2.89 bits per heavy atom. The van der Waals surface area contributed by atoms with Gasteiger partial charge >= 0.3 is 5.97 Å². The largest absolute Gasteiger partial charge is 0.478 e. The number of aryl methyl sites for hydroxylation is 1. The van der Waals surface area contributed by atoms with Gasteiger partial charge in [0.15, 0.2) is 0 Å². The molecular weight excluding hydrogens is 343 g/mol. The Morgan fingerprint density at radius 2 is 2.28 bits per heavy atom. The Labute approximate surface area is 118 Å². The molecule has 2 aromatic rings. The predicted octanol–water partition coefficient (Wildman–Crippen LogP) is 2.88. The molecule has 18 heavy (non-hydrogen) atoms. The van der Waals surface area contributed by atoms with Crippen LogP contribution in [0.1, 0.15) is 11.1 Å². The van der Waals surface area contributed by atoms with Gasteiger partial charge in [0, 0.05) is 12.3 Å². The van der Waals surface area contributed by atoms with Crippen molar-refractivity contribution >= 4 is 34.6 Å². The highest BCUT2D eigenvalue weighted by Crippen LogP contribution is 2.17. The summed E-state index contributed by atoms with van der Waals surface area (Å²) in [6.45, 7) is 1.99. The standard InChI is InChI=1S/C13H11IN2O2/c1-9-2-3-10(4-5-13(17)18)6-12(9)16-8-11(14)7-15-16/h2-8H,1H3,(H,17,18)/b5-4+. The zero-order chi connectivity index (χ0) is 13.1. The minimum atomic E-state index is -0.953. The van der Waals surface area contributed by atoms with E-state index in [9.17, 15) is 4.79 Å². The van der Waals surface area contributed by atoms with E-state index in [0.29, 0.717) is 0 Å². The highest BCUT2D eigenvalue weighted by atomic mass is 127. The van der Waals surface area contributed by atoms with Crippen LogP contribution in [-0.4, -0.2) is 20.9 Å². The van der Waals surface area contributed by atoms with Crippen LogP contribution in [0.15, 0.2) is 36.7 Å². The van der Waals surface area contributed by atoms with E-state index in [-0.39, 0.29) is 0 Å². The number of rotatable bonds is 3. The maximum absolute atomic E-state index is 10.5. The van der Waals surface area contributed by atoms with Crippen LogP contribution in [-0.2, 0) is 4.79 Å². The van der Waals surface area contributed by atoms with E-state index in [2.05, 4.69) is 27.7 Å². The van der Waals surface area contributed by atoms with Gasteiger partial charge in [0.25, 0.3) is 0 Å². The van der Waals surface area contributed by atoms with Gasteiger partial charge < -0.3 is 5.11 Å².